The van der Waals surface area contributed by atoms with Crippen LogP contribution in [-0.4, -0.2) is 56.7 Å². The molecule has 0 spiro atoms. The zero-order chi connectivity index (χ0) is 28.9. The highest BCUT2D eigenvalue weighted by Gasteiger charge is 2.27. The number of rotatable bonds is 8. The van der Waals surface area contributed by atoms with E-state index >= 15 is 0 Å². The summed E-state index contributed by atoms with van der Waals surface area (Å²) in [7, 11) is 0. The highest BCUT2D eigenvalue weighted by molar-refractivity contribution is 5.95. The highest BCUT2D eigenvalue weighted by atomic mass is 16.2. The molecule has 2 aromatic carbocycles. The Balaban J connectivity index is 1.11. The normalized spacial score (nSPS) is 16.3. The lowest BCUT2D eigenvalue weighted by Crippen LogP contribution is -2.48. The molecule has 3 N–H and O–H groups in total. The summed E-state index contributed by atoms with van der Waals surface area (Å²) in [5, 5.41) is 17.3. The fraction of sp³-hybridized carbons (Fsp3) is 0.344. The van der Waals surface area contributed by atoms with Crippen LogP contribution < -0.4 is 16.0 Å². The van der Waals surface area contributed by atoms with Gasteiger partial charge in [-0.2, -0.15) is 10.4 Å². The van der Waals surface area contributed by atoms with Crippen molar-refractivity contribution in [3.05, 3.63) is 78.8 Å². The first-order chi connectivity index (χ1) is 20.6. The molecule has 1 aliphatic heterocycles. The van der Waals surface area contributed by atoms with Gasteiger partial charge >= 0.3 is 0 Å². The van der Waals surface area contributed by atoms with Crippen molar-refractivity contribution in [2.45, 2.75) is 38.1 Å². The van der Waals surface area contributed by atoms with Gasteiger partial charge < -0.3 is 20.9 Å². The fourth-order valence-corrected chi connectivity index (χ4v) is 6.04. The Morgan fingerprint density at radius 1 is 1.07 bits per heavy atom. The predicted molar refractivity (Wildman–Crippen MR) is 163 cm³/mol. The Morgan fingerprint density at radius 2 is 1.86 bits per heavy atom. The molecule has 1 atom stereocenters. The van der Waals surface area contributed by atoms with Crippen LogP contribution in [0.15, 0.2) is 73.2 Å². The van der Waals surface area contributed by atoms with E-state index in [1.807, 2.05) is 70.4 Å². The molecule has 3 heterocycles. The van der Waals surface area contributed by atoms with Gasteiger partial charge in [0.2, 0.25) is 5.95 Å². The molecule has 1 unspecified atom stereocenters. The Kier molecular flexibility index (Phi) is 7.99. The molecule has 214 valence electrons. The summed E-state index contributed by atoms with van der Waals surface area (Å²) >= 11 is 0. The van der Waals surface area contributed by atoms with Crippen LogP contribution in [0.1, 0.15) is 48.5 Å². The monoisotopic (exact) mass is 561 g/mol. The van der Waals surface area contributed by atoms with E-state index in [4.69, 9.17) is 10.7 Å². The summed E-state index contributed by atoms with van der Waals surface area (Å²) < 4.78 is 1.94. The van der Waals surface area contributed by atoms with Crippen molar-refractivity contribution in [3.8, 4) is 17.3 Å². The lowest BCUT2D eigenvalue weighted by Gasteiger charge is -2.36. The quantitative estimate of drug-likeness (QED) is 0.278. The smallest absolute Gasteiger partial charge is 0.254 e. The van der Waals surface area contributed by atoms with Crippen LogP contribution in [0, 0.1) is 17.2 Å². The number of carbonyl (C=O) groups is 1. The first-order valence-electron chi connectivity index (χ1n) is 14.6. The van der Waals surface area contributed by atoms with E-state index in [9.17, 15) is 10.1 Å². The summed E-state index contributed by atoms with van der Waals surface area (Å²) in [5.74, 6) is 0.931. The zero-order valence-corrected chi connectivity index (χ0v) is 23.6. The Labute approximate surface area is 245 Å². The molecule has 10 nitrogen and oxygen atoms in total. The average molecular weight is 562 g/mol. The van der Waals surface area contributed by atoms with Crippen molar-refractivity contribution in [2.24, 2.45) is 5.92 Å². The zero-order valence-electron chi connectivity index (χ0n) is 23.6. The third-order valence-electron chi connectivity index (χ3n) is 8.33. The van der Waals surface area contributed by atoms with Crippen LogP contribution in [0.4, 0.5) is 23.0 Å². The summed E-state index contributed by atoms with van der Waals surface area (Å²) in [6, 6.07) is 19.6. The average Bonchev–Trinajstić information content (AvgIpc) is 3.74. The molecule has 4 aromatic rings. The lowest BCUT2D eigenvalue weighted by atomic mass is 9.96. The number of nitriles is 1. The van der Waals surface area contributed by atoms with Crippen LogP contribution in [0.2, 0.25) is 0 Å². The fourth-order valence-electron chi connectivity index (χ4n) is 6.04. The first-order valence-corrected chi connectivity index (χ1v) is 14.6. The number of anilines is 4. The van der Waals surface area contributed by atoms with Gasteiger partial charge in [-0.25, -0.2) is 9.97 Å². The van der Waals surface area contributed by atoms with E-state index in [2.05, 4.69) is 26.4 Å². The summed E-state index contributed by atoms with van der Waals surface area (Å²) in [4.78, 5) is 26.6. The molecule has 0 bridgehead atoms. The Hall–Kier alpha value is -4.91. The number of carbonyl (C=O) groups excluding carboxylic acids is 1. The van der Waals surface area contributed by atoms with Crippen LogP contribution in [0.5, 0.6) is 0 Å². The van der Waals surface area contributed by atoms with Crippen LogP contribution in [0.25, 0.3) is 11.3 Å². The molecule has 2 aliphatic rings. The number of nitrogen functional groups attached to an aromatic ring is 1. The largest absolute Gasteiger partial charge is 0.399 e. The van der Waals surface area contributed by atoms with Crippen molar-refractivity contribution in [1.29, 1.82) is 5.26 Å². The van der Waals surface area contributed by atoms with Crippen LogP contribution in [0.3, 0.4) is 0 Å². The molecule has 42 heavy (non-hydrogen) atoms. The summed E-state index contributed by atoms with van der Waals surface area (Å²) in [6.07, 6.45) is 10.7. The van der Waals surface area contributed by atoms with Gasteiger partial charge in [0.05, 0.1) is 30.4 Å². The van der Waals surface area contributed by atoms with Gasteiger partial charge in [0, 0.05) is 66.8 Å². The van der Waals surface area contributed by atoms with Gasteiger partial charge in [0.15, 0.2) is 0 Å². The van der Waals surface area contributed by atoms with Gasteiger partial charge in [0.25, 0.3) is 5.91 Å². The van der Waals surface area contributed by atoms with Crippen molar-refractivity contribution in [1.82, 2.24) is 24.6 Å². The molecular weight excluding hydrogens is 526 g/mol. The molecular formula is C32H35N9O. The van der Waals surface area contributed by atoms with E-state index in [1.54, 1.807) is 12.4 Å². The van der Waals surface area contributed by atoms with Crippen molar-refractivity contribution >= 4 is 28.9 Å². The first kappa shape index (κ1) is 27.3. The maximum Gasteiger partial charge on any atom is 0.254 e. The maximum atomic E-state index is 13.3. The second-order valence-electron chi connectivity index (χ2n) is 11.0. The molecule has 1 aliphatic carbocycles. The Bertz CT molecular complexity index is 1560. The number of benzene rings is 2. The number of hydrogen-bond donors (Lipinski definition) is 2. The number of piperazine rings is 1. The van der Waals surface area contributed by atoms with E-state index in [1.165, 1.54) is 12.8 Å². The maximum absolute atomic E-state index is 13.3. The van der Waals surface area contributed by atoms with Crippen molar-refractivity contribution in [2.75, 3.05) is 42.1 Å². The van der Waals surface area contributed by atoms with Crippen LogP contribution in [-0.2, 0) is 0 Å². The number of nitrogens with two attached hydrogens (primary N) is 1. The number of amides is 1. The third kappa shape index (κ3) is 6.05. The second kappa shape index (κ2) is 12.3. The number of aromatic nitrogens is 4. The van der Waals surface area contributed by atoms with Gasteiger partial charge in [-0.3, -0.25) is 9.48 Å². The van der Waals surface area contributed by atoms with Crippen molar-refractivity contribution in [3.63, 3.8) is 0 Å². The SMILES string of the molecule is N#CCC(C1CCCC1)n1cc(-c2ccnc(Nc3cccc(C(=O)N4CCN(c5ccc(N)cc5)CC4)c3)n2)cn1. The topological polar surface area (TPSA) is 129 Å². The predicted octanol–water partition coefficient (Wildman–Crippen LogP) is 5.27. The number of hydrogen-bond acceptors (Lipinski definition) is 8. The van der Waals surface area contributed by atoms with Gasteiger partial charge in [-0.15, -0.1) is 0 Å². The number of nitrogens with zero attached hydrogens (tertiary/aromatic N) is 7. The van der Waals surface area contributed by atoms with Gasteiger partial charge in [-0.1, -0.05) is 18.9 Å². The standard InChI is InChI=1S/C32H35N9O/c33-14-12-30(23-4-1-2-5-23)41-22-25(21-36-41)29-13-15-35-32(38-29)37-27-7-3-6-24(20-27)31(42)40-18-16-39(17-19-40)28-10-8-26(34)9-11-28/h3,6-11,13,15,20-23,30H,1-2,4-5,12,16-19,34H2,(H,35,37,38). The minimum absolute atomic E-state index is 0.00637. The van der Waals surface area contributed by atoms with Gasteiger partial charge in [-0.05, 0) is 67.3 Å². The lowest BCUT2D eigenvalue weighted by molar-refractivity contribution is 0.0747. The van der Waals surface area contributed by atoms with Crippen molar-refractivity contribution < 1.29 is 4.79 Å². The van der Waals surface area contributed by atoms with E-state index < -0.39 is 0 Å². The summed E-state index contributed by atoms with van der Waals surface area (Å²) in [6.45, 7) is 2.83. The van der Waals surface area contributed by atoms with E-state index in [-0.39, 0.29) is 11.9 Å². The molecule has 1 amide bonds. The molecule has 1 saturated carbocycles. The van der Waals surface area contributed by atoms with Crippen LogP contribution >= 0.6 is 0 Å². The molecule has 2 aromatic heterocycles. The molecule has 0 radical (unpaired) electrons. The summed E-state index contributed by atoms with van der Waals surface area (Å²) in [5.41, 5.74) is 10.7. The van der Waals surface area contributed by atoms with E-state index in [0.717, 1.165) is 54.3 Å². The van der Waals surface area contributed by atoms with E-state index in [0.29, 0.717) is 36.9 Å². The minimum Gasteiger partial charge on any atom is -0.399 e. The third-order valence-corrected chi connectivity index (χ3v) is 8.33. The molecule has 6 rings (SSSR count). The molecule has 10 heteroatoms. The molecule has 2 fully saturated rings. The minimum atomic E-state index is 0.00637. The van der Waals surface area contributed by atoms with Gasteiger partial charge in [0.1, 0.15) is 0 Å². The molecule has 1 saturated heterocycles. The number of nitrogens with one attached hydrogen (secondary N) is 1. The Morgan fingerprint density at radius 3 is 2.62 bits per heavy atom. The highest BCUT2D eigenvalue weighted by Crippen LogP contribution is 2.36. The second-order valence-corrected chi connectivity index (χ2v) is 11.0.